The number of carbonyl (C=O) groups excluding carboxylic acids is 2. The van der Waals surface area contributed by atoms with Crippen molar-refractivity contribution >= 4 is 39.6 Å². The summed E-state index contributed by atoms with van der Waals surface area (Å²) in [6, 6.07) is 21.0. The highest BCUT2D eigenvalue weighted by atomic mass is 79.9. The van der Waals surface area contributed by atoms with E-state index < -0.39 is 11.8 Å². The lowest BCUT2D eigenvalue weighted by atomic mass is 10.1. The van der Waals surface area contributed by atoms with Crippen molar-refractivity contribution in [2.45, 2.75) is 26.9 Å². The molecule has 164 valence electrons. The monoisotopic (exact) mass is 493 g/mol. The molecule has 0 radical (unpaired) electrons. The molecule has 2 N–H and O–H groups in total. The second-order valence-corrected chi connectivity index (χ2v) is 8.14. The Morgan fingerprint density at radius 3 is 2.47 bits per heavy atom. The van der Waals surface area contributed by atoms with Crippen LogP contribution in [-0.2, 0) is 16.2 Å². The van der Waals surface area contributed by atoms with E-state index in [4.69, 9.17) is 4.74 Å². The summed E-state index contributed by atoms with van der Waals surface area (Å²) in [5.74, 6) is -0.189. The van der Waals surface area contributed by atoms with Crippen molar-refractivity contribution in [2.75, 3.05) is 5.32 Å². The van der Waals surface area contributed by atoms with Crippen molar-refractivity contribution in [2.24, 2.45) is 5.10 Å². The number of halogens is 1. The smallest absolute Gasteiger partial charge is 0.249 e. The summed E-state index contributed by atoms with van der Waals surface area (Å²) >= 11 is 3.49. The molecule has 32 heavy (non-hydrogen) atoms. The highest BCUT2D eigenvalue weighted by molar-refractivity contribution is 9.10. The Morgan fingerprint density at radius 1 is 0.969 bits per heavy atom. The summed E-state index contributed by atoms with van der Waals surface area (Å²) in [4.78, 5) is 24.0. The Morgan fingerprint density at radius 2 is 1.75 bits per heavy atom. The molecule has 3 aromatic carbocycles. The number of amides is 2. The standard InChI is InChI=1S/C25H24BrN3O3/c1-17-8-10-21(12-18(17)2)28-24(30)14-25(31)29-27-15-20-9-11-23(22(26)13-20)32-16-19-6-4-3-5-7-19/h3-13,15H,14,16H2,1-2H3,(H,28,30)(H,29,31). The number of hydrogen-bond acceptors (Lipinski definition) is 4. The van der Waals surface area contributed by atoms with Gasteiger partial charge < -0.3 is 10.1 Å². The van der Waals surface area contributed by atoms with E-state index in [9.17, 15) is 9.59 Å². The molecule has 0 saturated carbocycles. The molecule has 3 rings (SSSR count). The minimum Gasteiger partial charge on any atom is -0.488 e. The number of ether oxygens (including phenoxy) is 1. The number of hydrazone groups is 1. The molecule has 2 amide bonds. The predicted octanol–water partition coefficient (Wildman–Crippen LogP) is 5.12. The Bertz CT molecular complexity index is 1130. The third kappa shape index (κ3) is 7.06. The average molecular weight is 494 g/mol. The molecule has 0 atom stereocenters. The number of rotatable bonds is 8. The van der Waals surface area contributed by atoms with Gasteiger partial charge in [-0.15, -0.1) is 0 Å². The van der Waals surface area contributed by atoms with Crippen LogP contribution in [0.5, 0.6) is 5.75 Å². The first kappa shape index (κ1) is 23.2. The topological polar surface area (TPSA) is 79.8 Å². The molecule has 0 heterocycles. The van der Waals surface area contributed by atoms with E-state index in [2.05, 4.69) is 31.8 Å². The maximum atomic E-state index is 12.1. The Balaban J connectivity index is 1.47. The number of carbonyl (C=O) groups is 2. The van der Waals surface area contributed by atoms with Crippen molar-refractivity contribution in [1.82, 2.24) is 5.43 Å². The van der Waals surface area contributed by atoms with E-state index in [-0.39, 0.29) is 6.42 Å². The van der Waals surface area contributed by atoms with Gasteiger partial charge in [-0.1, -0.05) is 36.4 Å². The molecule has 0 aromatic heterocycles. The van der Waals surface area contributed by atoms with Crippen LogP contribution in [0.1, 0.15) is 28.7 Å². The fourth-order valence-corrected chi connectivity index (χ4v) is 3.35. The molecule has 3 aromatic rings. The maximum Gasteiger partial charge on any atom is 0.249 e. The summed E-state index contributed by atoms with van der Waals surface area (Å²) in [6.45, 7) is 4.43. The Labute approximate surface area is 195 Å². The minimum atomic E-state index is -0.496. The molecule has 7 heteroatoms. The summed E-state index contributed by atoms with van der Waals surface area (Å²) in [7, 11) is 0. The summed E-state index contributed by atoms with van der Waals surface area (Å²) in [6.07, 6.45) is 1.19. The third-order valence-corrected chi connectivity index (χ3v) is 5.33. The lowest BCUT2D eigenvalue weighted by molar-refractivity contribution is -0.126. The molecule has 0 bridgehead atoms. The van der Waals surface area contributed by atoms with Crippen LogP contribution in [0.3, 0.4) is 0 Å². The van der Waals surface area contributed by atoms with Gasteiger partial charge in [-0.3, -0.25) is 9.59 Å². The molecule has 0 saturated heterocycles. The normalized spacial score (nSPS) is 10.7. The van der Waals surface area contributed by atoms with Gasteiger partial charge in [0, 0.05) is 5.69 Å². The lowest BCUT2D eigenvalue weighted by Gasteiger charge is -2.09. The molecule has 0 aliphatic carbocycles. The first-order chi connectivity index (χ1) is 15.4. The minimum absolute atomic E-state index is 0.319. The molecular weight excluding hydrogens is 470 g/mol. The Hall–Kier alpha value is -3.45. The zero-order valence-electron chi connectivity index (χ0n) is 17.9. The van der Waals surface area contributed by atoms with Crippen LogP contribution < -0.4 is 15.5 Å². The number of hydrogen-bond donors (Lipinski definition) is 2. The molecule has 6 nitrogen and oxygen atoms in total. The van der Waals surface area contributed by atoms with Gasteiger partial charge in [-0.25, -0.2) is 5.43 Å². The lowest BCUT2D eigenvalue weighted by Crippen LogP contribution is -2.24. The highest BCUT2D eigenvalue weighted by Crippen LogP contribution is 2.26. The SMILES string of the molecule is Cc1ccc(NC(=O)CC(=O)NN=Cc2ccc(OCc3ccccc3)c(Br)c2)cc1C. The Kier molecular flexibility index (Phi) is 8.16. The van der Waals surface area contributed by atoms with Gasteiger partial charge in [0.05, 0.1) is 10.7 Å². The molecule has 0 aliphatic rings. The quantitative estimate of drug-likeness (QED) is 0.259. The third-order valence-electron chi connectivity index (χ3n) is 4.71. The van der Waals surface area contributed by atoms with Crippen LogP contribution in [0.4, 0.5) is 5.69 Å². The van der Waals surface area contributed by atoms with Gasteiger partial charge in [0.15, 0.2) is 0 Å². The van der Waals surface area contributed by atoms with E-state index in [1.165, 1.54) is 6.21 Å². The molecule has 0 spiro atoms. The summed E-state index contributed by atoms with van der Waals surface area (Å²) in [5.41, 5.74) is 7.08. The van der Waals surface area contributed by atoms with Crippen LogP contribution in [0.2, 0.25) is 0 Å². The van der Waals surface area contributed by atoms with E-state index in [1.54, 1.807) is 6.07 Å². The zero-order chi connectivity index (χ0) is 22.9. The number of aryl methyl sites for hydroxylation is 2. The number of benzene rings is 3. The number of nitrogens with one attached hydrogen (secondary N) is 2. The highest BCUT2D eigenvalue weighted by Gasteiger charge is 2.09. The van der Waals surface area contributed by atoms with Gasteiger partial charge in [-0.05, 0) is 82.4 Å². The van der Waals surface area contributed by atoms with Crippen LogP contribution in [0, 0.1) is 13.8 Å². The summed E-state index contributed by atoms with van der Waals surface area (Å²) in [5, 5.41) is 6.64. The van der Waals surface area contributed by atoms with Crippen LogP contribution in [0.25, 0.3) is 0 Å². The molecular formula is C25H24BrN3O3. The van der Waals surface area contributed by atoms with Crippen molar-refractivity contribution in [3.63, 3.8) is 0 Å². The van der Waals surface area contributed by atoms with Crippen LogP contribution >= 0.6 is 15.9 Å². The van der Waals surface area contributed by atoms with E-state index in [0.29, 0.717) is 18.0 Å². The van der Waals surface area contributed by atoms with Crippen molar-refractivity contribution in [3.8, 4) is 5.75 Å². The fraction of sp³-hybridized carbons (Fsp3) is 0.160. The van der Waals surface area contributed by atoms with E-state index in [1.807, 2.05) is 74.5 Å². The van der Waals surface area contributed by atoms with Gasteiger partial charge in [0.1, 0.15) is 18.8 Å². The van der Waals surface area contributed by atoms with Gasteiger partial charge in [0.25, 0.3) is 0 Å². The average Bonchev–Trinajstić information content (AvgIpc) is 2.76. The second kappa shape index (κ2) is 11.2. The van der Waals surface area contributed by atoms with Gasteiger partial charge >= 0.3 is 0 Å². The zero-order valence-corrected chi connectivity index (χ0v) is 19.5. The number of anilines is 1. The summed E-state index contributed by atoms with van der Waals surface area (Å²) < 4.78 is 6.60. The first-order valence-corrected chi connectivity index (χ1v) is 10.9. The van der Waals surface area contributed by atoms with Gasteiger partial charge in [0.2, 0.25) is 11.8 Å². The predicted molar refractivity (Wildman–Crippen MR) is 130 cm³/mol. The van der Waals surface area contributed by atoms with Crippen molar-refractivity contribution in [3.05, 3.63) is 93.5 Å². The number of nitrogens with zero attached hydrogens (tertiary/aromatic N) is 1. The molecule has 0 aliphatic heterocycles. The van der Waals surface area contributed by atoms with Crippen LogP contribution in [0.15, 0.2) is 76.3 Å². The molecule has 0 fully saturated rings. The maximum absolute atomic E-state index is 12.1. The van der Waals surface area contributed by atoms with E-state index in [0.717, 1.165) is 26.7 Å². The van der Waals surface area contributed by atoms with Crippen LogP contribution in [-0.4, -0.2) is 18.0 Å². The first-order valence-electron chi connectivity index (χ1n) is 10.1. The van der Waals surface area contributed by atoms with Gasteiger partial charge in [-0.2, -0.15) is 5.10 Å². The fourth-order valence-electron chi connectivity index (χ4n) is 2.84. The molecule has 0 unspecified atom stereocenters. The van der Waals surface area contributed by atoms with E-state index >= 15 is 0 Å². The largest absolute Gasteiger partial charge is 0.488 e. The second-order valence-electron chi connectivity index (χ2n) is 7.28. The van der Waals surface area contributed by atoms with Crippen molar-refractivity contribution in [1.29, 1.82) is 0 Å². The van der Waals surface area contributed by atoms with Crippen molar-refractivity contribution < 1.29 is 14.3 Å².